The fraction of sp³-hybridized carbons (Fsp3) is 0.389. The van der Waals surface area contributed by atoms with E-state index in [2.05, 4.69) is 15.4 Å². The van der Waals surface area contributed by atoms with Gasteiger partial charge in [-0.3, -0.25) is 19.7 Å². The van der Waals surface area contributed by atoms with Crippen LogP contribution in [0.25, 0.3) is 6.08 Å². The average molecular weight is 393 g/mol. The quantitative estimate of drug-likeness (QED) is 0.345. The topological polar surface area (TPSA) is 137 Å². The Bertz CT molecular complexity index is 706. The summed E-state index contributed by atoms with van der Waals surface area (Å²) in [5.41, 5.74) is 0.908. The first-order valence-electron chi connectivity index (χ1n) is 8.51. The number of nitrogens with one attached hydrogen (secondary N) is 2. The second-order valence-electron chi connectivity index (χ2n) is 5.59. The SMILES string of the molecule is CCC(C(NC(=O)OC/C=C/c1ccccc1)C(=O)NCC(=O)OC)[N+](=O)[O-]. The molecule has 0 radical (unpaired) electrons. The van der Waals surface area contributed by atoms with Crippen LogP contribution < -0.4 is 10.6 Å². The van der Waals surface area contributed by atoms with Crippen molar-refractivity contribution >= 4 is 24.0 Å². The normalized spacial score (nSPS) is 12.6. The Kier molecular flexibility index (Phi) is 9.73. The molecule has 0 aliphatic heterocycles. The highest BCUT2D eigenvalue weighted by Crippen LogP contribution is 2.05. The summed E-state index contributed by atoms with van der Waals surface area (Å²) in [5.74, 6) is -1.61. The zero-order valence-electron chi connectivity index (χ0n) is 15.6. The van der Waals surface area contributed by atoms with E-state index in [4.69, 9.17) is 4.74 Å². The Morgan fingerprint density at radius 2 is 1.93 bits per heavy atom. The van der Waals surface area contributed by atoms with Gasteiger partial charge in [0.1, 0.15) is 13.2 Å². The van der Waals surface area contributed by atoms with E-state index in [0.717, 1.165) is 12.7 Å². The smallest absolute Gasteiger partial charge is 0.408 e. The summed E-state index contributed by atoms with van der Waals surface area (Å²) < 4.78 is 9.32. The van der Waals surface area contributed by atoms with Gasteiger partial charge in [-0.15, -0.1) is 0 Å². The third-order valence-electron chi connectivity index (χ3n) is 3.68. The second kappa shape index (κ2) is 12.0. The van der Waals surface area contributed by atoms with Gasteiger partial charge in [-0.05, 0) is 11.6 Å². The van der Waals surface area contributed by atoms with Gasteiger partial charge in [0.2, 0.25) is 11.9 Å². The molecule has 2 unspecified atom stereocenters. The van der Waals surface area contributed by atoms with Crippen LogP contribution in [-0.2, 0) is 19.1 Å². The standard InChI is InChI=1S/C18H23N3O7/c1-3-14(21(25)26)16(17(23)19-12-15(22)27-2)20-18(24)28-11-7-10-13-8-5-4-6-9-13/h4-10,14,16H,3,11-12H2,1-2H3,(H,19,23)(H,20,24)/b10-7+. The van der Waals surface area contributed by atoms with Crippen molar-refractivity contribution in [2.45, 2.75) is 25.4 Å². The van der Waals surface area contributed by atoms with Crippen LogP contribution >= 0.6 is 0 Å². The van der Waals surface area contributed by atoms with E-state index in [-0.39, 0.29) is 13.0 Å². The number of benzene rings is 1. The third-order valence-corrected chi connectivity index (χ3v) is 3.68. The van der Waals surface area contributed by atoms with Gasteiger partial charge in [0, 0.05) is 11.3 Å². The van der Waals surface area contributed by atoms with Gasteiger partial charge < -0.3 is 20.1 Å². The lowest BCUT2D eigenvalue weighted by Gasteiger charge is -2.20. The van der Waals surface area contributed by atoms with Crippen molar-refractivity contribution in [3.05, 3.63) is 52.1 Å². The Hall–Kier alpha value is -3.43. The predicted molar refractivity (Wildman–Crippen MR) is 99.8 cm³/mol. The maximum Gasteiger partial charge on any atom is 0.408 e. The van der Waals surface area contributed by atoms with Crippen LogP contribution in [0.15, 0.2) is 36.4 Å². The number of nitro groups is 1. The molecule has 0 aliphatic carbocycles. The molecule has 1 rings (SSSR count). The molecule has 28 heavy (non-hydrogen) atoms. The second-order valence-corrected chi connectivity index (χ2v) is 5.59. The molecule has 0 saturated carbocycles. The monoisotopic (exact) mass is 393 g/mol. The Balaban J connectivity index is 2.66. The average Bonchev–Trinajstić information content (AvgIpc) is 2.69. The molecular weight excluding hydrogens is 370 g/mol. The number of alkyl carbamates (subject to hydrolysis) is 1. The molecule has 2 N–H and O–H groups in total. The van der Waals surface area contributed by atoms with E-state index < -0.39 is 41.5 Å². The van der Waals surface area contributed by atoms with Crippen molar-refractivity contribution in [3.8, 4) is 0 Å². The van der Waals surface area contributed by atoms with Gasteiger partial charge in [0.15, 0.2) is 6.04 Å². The number of carbonyl (C=O) groups excluding carboxylic acids is 3. The third kappa shape index (κ3) is 7.85. The molecule has 1 aromatic carbocycles. The maximum absolute atomic E-state index is 12.2. The van der Waals surface area contributed by atoms with Crippen LogP contribution in [0.1, 0.15) is 18.9 Å². The Morgan fingerprint density at radius 1 is 1.25 bits per heavy atom. The molecule has 0 aliphatic rings. The van der Waals surface area contributed by atoms with Crippen molar-refractivity contribution in [1.29, 1.82) is 0 Å². The lowest BCUT2D eigenvalue weighted by Crippen LogP contribution is -2.56. The van der Waals surface area contributed by atoms with Crippen molar-refractivity contribution in [3.63, 3.8) is 0 Å². The van der Waals surface area contributed by atoms with Gasteiger partial charge >= 0.3 is 12.1 Å². The fourth-order valence-electron chi connectivity index (χ4n) is 2.23. The van der Waals surface area contributed by atoms with Gasteiger partial charge in [-0.1, -0.05) is 43.3 Å². The number of ether oxygens (including phenoxy) is 2. The summed E-state index contributed by atoms with van der Waals surface area (Å²) in [4.78, 5) is 45.8. The van der Waals surface area contributed by atoms with Gasteiger partial charge in [-0.2, -0.15) is 0 Å². The molecule has 10 nitrogen and oxygen atoms in total. The first kappa shape index (κ1) is 22.6. The lowest BCUT2D eigenvalue weighted by atomic mass is 10.1. The molecule has 2 atom stereocenters. The van der Waals surface area contributed by atoms with E-state index in [9.17, 15) is 24.5 Å². The van der Waals surface area contributed by atoms with Crippen molar-refractivity contribution in [1.82, 2.24) is 10.6 Å². The molecule has 10 heteroatoms. The predicted octanol–water partition coefficient (Wildman–Crippen LogP) is 1.14. The van der Waals surface area contributed by atoms with Gasteiger partial charge in [0.25, 0.3) is 0 Å². The number of rotatable bonds is 10. The summed E-state index contributed by atoms with van der Waals surface area (Å²) in [6, 6.07) is 6.41. The minimum atomic E-state index is -1.50. The molecule has 0 spiro atoms. The van der Waals surface area contributed by atoms with Gasteiger partial charge in [0.05, 0.1) is 7.11 Å². The van der Waals surface area contributed by atoms with Crippen LogP contribution in [0.3, 0.4) is 0 Å². The highest BCUT2D eigenvalue weighted by atomic mass is 16.6. The Labute approximate surface area is 162 Å². The first-order valence-corrected chi connectivity index (χ1v) is 8.51. The lowest BCUT2D eigenvalue weighted by molar-refractivity contribution is -0.524. The molecule has 0 bridgehead atoms. The highest BCUT2D eigenvalue weighted by Gasteiger charge is 2.37. The molecule has 0 aromatic heterocycles. The molecule has 152 valence electrons. The summed E-state index contributed by atoms with van der Waals surface area (Å²) in [5, 5.41) is 15.6. The molecule has 0 saturated heterocycles. The Morgan fingerprint density at radius 3 is 2.50 bits per heavy atom. The molecule has 0 fully saturated rings. The summed E-state index contributed by atoms with van der Waals surface area (Å²) >= 11 is 0. The van der Waals surface area contributed by atoms with Gasteiger partial charge in [-0.25, -0.2) is 4.79 Å². The van der Waals surface area contributed by atoms with Crippen molar-refractivity contribution < 1.29 is 28.8 Å². The van der Waals surface area contributed by atoms with E-state index in [1.165, 1.54) is 6.92 Å². The maximum atomic E-state index is 12.2. The minimum Gasteiger partial charge on any atom is -0.468 e. The molecule has 1 aromatic rings. The number of hydrogen-bond donors (Lipinski definition) is 2. The van der Waals surface area contributed by atoms with Crippen LogP contribution in [0.4, 0.5) is 4.79 Å². The number of amides is 2. The summed E-state index contributed by atoms with van der Waals surface area (Å²) in [6.45, 7) is 0.937. The molecule has 2 amide bonds. The minimum absolute atomic E-state index is 0.0164. The zero-order chi connectivity index (χ0) is 20.9. The number of hydrogen-bond acceptors (Lipinski definition) is 7. The van der Waals surface area contributed by atoms with E-state index >= 15 is 0 Å². The van der Waals surface area contributed by atoms with Crippen LogP contribution in [0.2, 0.25) is 0 Å². The van der Waals surface area contributed by atoms with Crippen molar-refractivity contribution in [2.75, 3.05) is 20.3 Å². The highest BCUT2D eigenvalue weighted by molar-refractivity contribution is 5.88. The van der Waals surface area contributed by atoms with E-state index in [1.54, 1.807) is 12.2 Å². The molecule has 0 heterocycles. The summed E-state index contributed by atoms with van der Waals surface area (Å²) in [7, 11) is 1.14. The number of esters is 1. The van der Waals surface area contributed by atoms with E-state index in [1.807, 2.05) is 30.3 Å². The fourth-order valence-corrected chi connectivity index (χ4v) is 2.23. The van der Waals surface area contributed by atoms with Crippen LogP contribution in [0.5, 0.6) is 0 Å². The first-order chi connectivity index (χ1) is 13.4. The van der Waals surface area contributed by atoms with Crippen LogP contribution in [0, 0.1) is 10.1 Å². The molecular formula is C18H23N3O7. The number of methoxy groups -OCH3 is 1. The zero-order valence-corrected chi connectivity index (χ0v) is 15.6. The number of nitrogens with zero attached hydrogens (tertiary/aromatic N) is 1. The largest absolute Gasteiger partial charge is 0.468 e. The van der Waals surface area contributed by atoms with Crippen molar-refractivity contribution in [2.24, 2.45) is 0 Å². The van der Waals surface area contributed by atoms with E-state index in [0.29, 0.717) is 0 Å². The summed E-state index contributed by atoms with van der Waals surface area (Å²) in [6.07, 6.45) is 2.32. The number of carbonyl (C=O) groups is 3. The van der Waals surface area contributed by atoms with Crippen LogP contribution in [-0.4, -0.2) is 55.2 Å².